The lowest BCUT2D eigenvalue weighted by Crippen LogP contribution is -2.49. The third kappa shape index (κ3) is 2.94. The molecule has 2 fully saturated rings. The van der Waals surface area contributed by atoms with Crippen LogP contribution in [-0.2, 0) is 0 Å². The number of hydrogen-bond donors (Lipinski definition) is 2. The van der Waals surface area contributed by atoms with Crippen molar-refractivity contribution in [2.45, 2.75) is 69.9 Å². The first-order chi connectivity index (χ1) is 7.28. The van der Waals surface area contributed by atoms with Crippen molar-refractivity contribution >= 4 is 0 Å². The van der Waals surface area contributed by atoms with E-state index in [9.17, 15) is 5.11 Å². The third-order valence-corrected chi connectivity index (χ3v) is 4.27. The van der Waals surface area contributed by atoms with Gasteiger partial charge < -0.3 is 10.4 Å². The molecule has 0 amide bonds. The molecule has 2 aliphatic carbocycles. The molecule has 0 aliphatic heterocycles. The molecule has 0 spiro atoms. The van der Waals surface area contributed by atoms with E-state index in [1.807, 2.05) is 0 Å². The highest BCUT2D eigenvalue weighted by molar-refractivity contribution is 4.96. The van der Waals surface area contributed by atoms with Gasteiger partial charge in [-0.25, -0.2) is 0 Å². The zero-order valence-corrected chi connectivity index (χ0v) is 9.97. The van der Waals surface area contributed by atoms with Crippen LogP contribution in [0.2, 0.25) is 0 Å². The van der Waals surface area contributed by atoms with Crippen LogP contribution in [0.25, 0.3) is 0 Å². The number of aliphatic hydroxyl groups is 1. The van der Waals surface area contributed by atoms with Gasteiger partial charge in [-0.3, -0.25) is 0 Å². The van der Waals surface area contributed by atoms with E-state index in [4.69, 9.17) is 0 Å². The molecule has 2 N–H and O–H groups in total. The molecular weight excluding hydrogens is 186 g/mol. The van der Waals surface area contributed by atoms with Crippen molar-refractivity contribution in [2.24, 2.45) is 5.92 Å². The topological polar surface area (TPSA) is 32.3 Å². The van der Waals surface area contributed by atoms with E-state index in [1.165, 1.54) is 51.4 Å². The van der Waals surface area contributed by atoms with Gasteiger partial charge in [0.15, 0.2) is 0 Å². The number of aliphatic hydroxyl groups excluding tert-OH is 1. The van der Waals surface area contributed by atoms with Gasteiger partial charge in [0.2, 0.25) is 0 Å². The molecule has 0 aromatic rings. The minimum Gasteiger partial charge on any atom is -0.394 e. The Morgan fingerprint density at radius 2 is 2.00 bits per heavy atom. The van der Waals surface area contributed by atoms with Crippen LogP contribution in [0, 0.1) is 5.92 Å². The quantitative estimate of drug-likeness (QED) is 0.700. The van der Waals surface area contributed by atoms with Crippen molar-refractivity contribution in [2.75, 3.05) is 6.61 Å². The fourth-order valence-corrected chi connectivity index (χ4v) is 2.90. The van der Waals surface area contributed by atoms with Crippen molar-refractivity contribution in [3.63, 3.8) is 0 Å². The Labute approximate surface area is 93.5 Å². The van der Waals surface area contributed by atoms with Crippen LogP contribution in [0.5, 0.6) is 0 Å². The van der Waals surface area contributed by atoms with Gasteiger partial charge in [-0.15, -0.1) is 0 Å². The molecule has 0 aromatic carbocycles. The van der Waals surface area contributed by atoms with Crippen LogP contribution in [-0.4, -0.2) is 23.3 Å². The average molecular weight is 211 g/mol. The normalized spacial score (nSPS) is 37.6. The zero-order valence-electron chi connectivity index (χ0n) is 9.97. The first-order valence-corrected chi connectivity index (χ1v) is 6.66. The van der Waals surface area contributed by atoms with Crippen molar-refractivity contribution < 1.29 is 5.11 Å². The minimum atomic E-state index is 0.0745. The summed E-state index contributed by atoms with van der Waals surface area (Å²) in [6.07, 6.45) is 10.3. The Morgan fingerprint density at radius 3 is 2.60 bits per heavy atom. The first kappa shape index (κ1) is 11.4. The molecule has 2 rings (SSSR count). The van der Waals surface area contributed by atoms with Gasteiger partial charge in [-0.1, -0.05) is 26.2 Å². The summed E-state index contributed by atoms with van der Waals surface area (Å²) >= 11 is 0. The van der Waals surface area contributed by atoms with Crippen LogP contribution >= 0.6 is 0 Å². The second kappa shape index (κ2) is 4.84. The van der Waals surface area contributed by atoms with Crippen molar-refractivity contribution in [3.05, 3.63) is 0 Å². The van der Waals surface area contributed by atoms with E-state index in [0.29, 0.717) is 6.61 Å². The fraction of sp³-hybridized carbons (Fsp3) is 1.00. The van der Waals surface area contributed by atoms with Crippen LogP contribution in [0.3, 0.4) is 0 Å². The lowest BCUT2D eigenvalue weighted by Gasteiger charge is -2.32. The van der Waals surface area contributed by atoms with Crippen molar-refractivity contribution in [1.29, 1.82) is 0 Å². The summed E-state index contributed by atoms with van der Waals surface area (Å²) in [7, 11) is 0. The van der Waals surface area contributed by atoms with Gasteiger partial charge >= 0.3 is 0 Å². The molecule has 2 saturated carbocycles. The molecule has 0 saturated heterocycles. The summed E-state index contributed by atoms with van der Waals surface area (Å²) in [6, 6.07) is 0.718. The second-order valence-corrected chi connectivity index (χ2v) is 5.56. The minimum absolute atomic E-state index is 0.0745. The van der Waals surface area contributed by atoms with Crippen LogP contribution in [0.4, 0.5) is 0 Å². The molecule has 0 aromatic heterocycles. The SMILES string of the molecule is CCC1CCCC(CO)(NC2CC2)CC1. The molecule has 0 bridgehead atoms. The van der Waals surface area contributed by atoms with E-state index in [0.717, 1.165) is 12.0 Å². The van der Waals surface area contributed by atoms with Gasteiger partial charge in [0.25, 0.3) is 0 Å². The number of nitrogens with one attached hydrogen (secondary N) is 1. The Bertz CT molecular complexity index is 203. The highest BCUT2D eigenvalue weighted by Crippen LogP contribution is 2.34. The summed E-state index contributed by atoms with van der Waals surface area (Å²) < 4.78 is 0. The summed E-state index contributed by atoms with van der Waals surface area (Å²) in [6.45, 7) is 2.63. The van der Waals surface area contributed by atoms with E-state index in [-0.39, 0.29) is 5.54 Å². The van der Waals surface area contributed by atoms with Crippen LogP contribution in [0.15, 0.2) is 0 Å². The predicted octanol–water partition coefficient (Wildman–Crippen LogP) is 2.46. The standard InChI is InChI=1S/C13H25NO/c1-2-11-4-3-8-13(10-15,9-7-11)14-12-5-6-12/h11-12,14-15H,2-10H2,1H3. The predicted molar refractivity (Wildman–Crippen MR) is 62.8 cm³/mol. The van der Waals surface area contributed by atoms with Gasteiger partial charge in [0.05, 0.1) is 6.61 Å². The maximum Gasteiger partial charge on any atom is 0.0613 e. The maximum absolute atomic E-state index is 9.64. The van der Waals surface area contributed by atoms with E-state index in [1.54, 1.807) is 0 Å². The van der Waals surface area contributed by atoms with E-state index < -0.39 is 0 Å². The molecule has 2 nitrogen and oxygen atoms in total. The Kier molecular flexibility index (Phi) is 3.68. The molecule has 15 heavy (non-hydrogen) atoms. The van der Waals surface area contributed by atoms with Gasteiger partial charge in [-0.05, 0) is 38.0 Å². The van der Waals surface area contributed by atoms with Gasteiger partial charge in [0, 0.05) is 11.6 Å². The molecule has 0 radical (unpaired) electrons. The lowest BCUT2D eigenvalue weighted by atomic mass is 9.90. The largest absolute Gasteiger partial charge is 0.394 e. The number of rotatable bonds is 4. The summed E-state index contributed by atoms with van der Waals surface area (Å²) in [5, 5.41) is 13.3. The zero-order chi connectivity index (χ0) is 10.7. The fourth-order valence-electron chi connectivity index (χ4n) is 2.90. The van der Waals surface area contributed by atoms with Crippen molar-refractivity contribution in [3.8, 4) is 0 Å². The molecule has 2 heteroatoms. The molecule has 88 valence electrons. The summed E-state index contributed by atoms with van der Waals surface area (Å²) in [5.41, 5.74) is 0.0745. The van der Waals surface area contributed by atoms with Crippen LogP contribution in [0.1, 0.15) is 58.3 Å². The molecule has 0 heterocycles. The highest BCUT2D eigenvalue weighted by Gasteiger charge is 2.36. The van der Waals surface area contributed by atoms with Crippen LogP contribution < -0.4 is 5.32 Å². The molecular formula is C13H25NO. The smallest absolute Gasteiger partial charge is 0.0613 e. The average Bonchev–Trinajstić information content (AvgIpc) is 3.06. The van der Waals surface area contributed by atoms with Gasteiger partial charge in [-0.2, -0.15) is 0 Å². The number of hydrogen-bond acceptors (Lipinski definition) is 2. The van der Waals surface area contributed by atoms with Gasteiger partial charge in [0.1, 0.15) is 0 Å². The molecule has 2 aliphatic rings. The first-order valence-electron chi connectivity index (χ1n) is 6.66. The lowest BCUT2D eigenvalue weighted by molar-refractivity contribution is 0.141. The summed E-state index contributed by atoms with van der Waals surface area (Å²) in [4.78, 5) is 0. The Balaban J connectivity index is 1.92. The monoisotopic (exact) mass is 211 g/mol. The highest BCUT2D eigenvalue weighted by atomic mass is 16.3. The Hall–Kier alpha value is -0.0800. The summed E-state index contributed by atoms with van der Waals surface area (Å²) in [5.74, 6) is 0.902. The Morgan fingerprint density at radius 1 is 1.20 bits per heavy atom. The molecule has 2 atom stereocenters. The van der Waals surface area contributed by atoms with Crippen molar-refractivity contribution in [1.82, 2.24) is 5.32 Å². The molecule has 2 unspecified atom stereocenters. The third-order valence-electron chi connectivity index (χ3n) is 4.27. The maximum atomic E-state index is 9.64. The van der Waals surface area contributed by atoms with E-state index in [2.05, 4.69) is 12.2 Å². The van der Waals surface area contributed by atoms with E-state index >= 15 is 0 Å². The second-order valence-electron chi connectivity index (χ2n) is 5.56.